The lowest BCUT2D eigenvalue weighted by Gasteiger charge is -2.32. The summed E-state index contributed by atoms with van der Waals surface area (Å²) in [5.74, 6) is 0.787. The van der Waals surface area contributed by atoms with Gasteiger partial charge in [-0.25, -0.2) is 0 Å². The van der Waals surface area contributed by atoms with Gasteiger partial charge in [0, 0.05) is 12.6 Å². The minimum Gasteiger partial charge on any atom is -0.362 e. The molecule has 2 rings (SSSR count). The first-order chi connectivity index (χ1) is 9.60. The van der Waals surface area contributed by atoms with Gasteiger partial charge in [-0.1, -0.05) is 46.0 Å². The van der Waals surface area contributed by atoms with E-state index >= 15 is 0 Å². The maximum Gasteiger partial charge on any atom is 0.166 e. The average Bonchev–Trinajstić information content (AvgIpc) is 2.86. The molecule has 116 valence electrons. The molecule has 0 atom stereocenters. The summed E-state index contributed by atoms with van der Waals surface area (Å²) in [6.07, 6.45) is 13.6. The molecular weight excluding hydrogens is 264 g/mol. The third-order valence-corrected chi connectivity index (χ3v) is 5.33. The van der Waals surface area contributed by atoms with Crippen LogP contribution < -0.4 is 10.6 Å². The highest BCUT2D eigenvalue weighted by molar-refractivity contribution is 7.80. The van der Waals surface area contributed by atoms with Gasteiger partial charge in [0.2, 0.25) is 0 Å². The predicted octanol–water partition coefficient (Wildman–Crippen LogP) is 4.39. The smallest absolute Gasteiger partial charge is 0.166 e. The van der Waals surface area contributed by atoms with E-state index in [-0.39, 0.29) is 0 Å². The Morgan fingerprint density at radius 2 is 1.75 bits per heavy atom. The number of hydrogen-bond donors (Lipinski definition) is 2. The van der Waals surface area contributed by atoms with Crippen LogP contribution in [-0.2, 0) is 0 Å². The molecule has 3 heteroatoms. The molecule has 0 heterocycles. The Hall–Kier alpha value is -0.310. The number of hydrogen-bond acceptors (Lipinski definition) is 1. The fourth-order valence-electron chi connectivity index (χ4n) is 4.20. The van der Waals surface area contributed by atoms with Crippen LogP contribution in [0.15, 0.2) is 0 Å². The van der Waals surface area contributed by atoms with Crippen molar-refractivity contribution in [3.8, 4) is 0 Å². The van der Waals surface area contributed by atoms with Gasteiger partial charge in [0.1, 0.15) is 0 Å². The number of rotatable bonds is 5. The van der Waals surface area contributed by atoms with Crippen molar-refractivity contribution in [1.29, 1.82) is 0 Å². The molecule has 0 aromatic rings. The first-order valence-corrected chi connectivity index (χ1v) is 9.05. The molecule has 2 aliphatic rings. The van der Waals surface area contributed by atoms with Gasteiger partial charge in [-0.05, 0) is 55.7 Å². The van der Waals surface area contributed by atoms with E-state index in [1.807, 2.05) is 0 Å². The van der Waals surface area contributed by atoms with Gasteiger partial charge in [-0.3, -0.25) is 0 Å². The van der Waals surface area contributed by atoms with Crippen molar-refractivity contribution in [2.75, 3.05) is 6.54 Å². The lowest BCUT2D eigenvalue weighted by Crippen LogP contribution is -2.46. The first-order valence-electron chi connectivity index (χ1n) is 8.64. The molecule has 0 unspecified atom stereocenters. The van der Waals surface area contributed by atoms with Gasteiger partial charge >= 0.3 is 0 Å². The highest BCUT2D eigenvalue weighted by atomic mass is 32.1. The SMILES string of the molecule is CC(C)CC1(CNC(=S)NC2CCCCC2)CCCC1. The molecule has 2 aliphatic carbocycles. The molecule has 2 fully saturated rings. The second-order valence-electron chi connectivity index (χ2n) is 7.47. The zero-order chi connectivity index (χ0) is 14.4. The summed E-state index contributed by atoms with van der Waals surface area (Å²) in [4.78, 5) is 0. The largest absolute Gasteiger partial charge is 0.362 e. The highest BCUT2D eigenvalue weighted by Gasteiger charge is 2.34. The third-order valence-electron chi connectivity index (χ3n) is 5.07. The molecule has 0 amide bonds. The Morgan fingerprint density at radius 3 is 2.35 bits per heavy atom. The zero-order valence-electron chi connectivity index (χ0n) is 13.3. The fraction of sp³-hybridized carbons (Fsp3) is 0.941. The maximum atomic E-state index is 5.51. The summed E-state index contributed by atoms with van der Waals surface area (Å²) < 4.78 is 0. The van der Waals surface area contributed by atoms with E-state index in [4.69, 9.17) is 12.2 Å². The summed E-state index contributed by atoms with van der Waals surface area (Å²) in [5, 5.41) is 7.97. The molecule has 0 aliphatic heterocycles. The molecule has 2 N–H and O–H groups in total. The molecule has 0 spiro atoms. The second-order valence-corrected chi connectivity index (χ2v) is 7.88. The summed E-state index contributed by atoms with van der Waals surface area (Å²) in [5.41, 5.74) is 0.506. The van der Waals surface area contributed by atoms with Gasteiger partial charge in [0.25, 0.3) is 0 Å². The molecule has 0 aromatic carbocycles. The van der Waals surface area contributed by atoms with E-state index < -0.39 is 0 Å². The quantitative estimate of drug-likeness (QED) is 0.736. The Kier molecular flexibility index (Phi) is 6.13. The van der Waals surface area contributed by atoms with Crippen LogP contribution in [0.1, 0.15) is 78.1 Å². The minimum absolute atomic E-state index is 0.506. The average molecular weight is 297 g/mol. The van der Waals surface area contributed by atoms with Crippen LogP contribution in [0.5, 0.6) is 0 Å². The molecule has 0 radical (unpaired) electrons. The van der Waals surface area contributed by atoms with Crippen LogP contribution >= 0.6 is 12.2 Å². The number of thiocarbonyl (C=S) groups is 1. The van der Waals surface area contributed by atoms with Crippen LogP contribution in [0.25, 0.3) is 0 Å². The lowest BCUT2D eigenvalue weighted by molar-refractivity contribution is 0.235. The van der Waals surface area contributed by atoms with Crippen molar-refractivity contribution in [2.24, 2.45) is 11.3 Å². The monoisotopic (exact) mass is 296 g/mol. The fourth-order valence-corrected chi connectivity index (χ4v) is 4.43. The highest BCUT2D eigenvalue weighted by Crippen LogP contribution is 2.42. The number of nitrogens with one attached hydrogen (secondary N) is 2. The molecule has 0 bridgehead atoms. The van der Waals surface area contributed by atoms with Crippen LogP contribution in [-0.4, -0.2) is 17.7 Å². The Morgan fingerprint density at radius 1 is 1.10 bits per heavy atom. The molecule has 20 heavy (non-hydrogen) atoms. The second kappa shape index (κ2) is 7.63. The Balaban J connectivity index is 1.75. The molecule has 2 nitrogen and oxygen atoms in total. The molecule has 0 saturated heterocycles. The molecular formula is C17H32N2S. The van der Waals surface area contributed by atoms with Crippen molar-refractivity contribution in [3.63, 3.8) is 0 Å². The third kappa shape index (κ3) is 4.91. The van der Waals surface area contributed by atoms with Gasteiger partial charge in [0.15, 0.2) is 5.11 Å². The van der Waals surface area contributed by atoms with Crippen molar-refractivity contribution >= 4 is 17.3 Å². The summed E-state index contributed by atoms with van der Waals surface area (Å²) >= 11 is 5.51. The maximum absolute atomic E-state index is 5.51. The van der Waals surface area contributed by atoms with Crippen molar-refractivity contribution in [3.05, 3.63) is 0 Å². The van der Waals surface area contributed by atoms with Crippen LogP contribution in [0.2, 0.25) is 0 Å². The van der Waals surface area contributed by atoms with E-state index in [0.29, 0.717) is 11.5 Å². The van der Waals surface area contributed by atoms with Crippen LogP contribution in [0.4, 0.5) is 0 Å². The van der Waals surface area contributed by atoms with Crippen LogP contribution in [0.3, 0.4) is 0 Å². The normalized spacial score (nSPS) is 22.9. The summed E-state index contributed by atoms with van der Waals surface area (Å²) in [6, 6.07) is 0.619. The van der Waals surface area contributed by atoms with Crippen LogP contribution in [0, 0.1) is 11.3 Å². The van der Waals surface area contributed by atoms with E-state index in [1.165, 1.54) is 64.2 Å². The lowest BCUT2D eigenvalue weighted by atomic mass is 9.78. The van der Waals surface area contributed by atoms with Gasteiger partial charge in [-0.2, -0.15) is 0 Å². The summed E-state index contributed by atoms with van der Waals surface area (Å²) in [7, 11) is 0. The first kappa shape index (κ1) is 16.1. The van der Waals surface area contributed by atoms with Gasteiger partial charge in [0.05, 0.1) is 0 Å². The standard InChI is InChI=1S/C17H32N2S/c1-14(2)12-17(10-6-7-11-17)13-18-16(20)19-15-8-4-3-5-9-15/h14-15H,3-13H2,1-2H3,(H2,18,19,20). The van der Waals surface area contributed by atoms with E-state index in [1.54, 1.807) is 0 Å². The van der Waals surface area contributed by atoms with Gasteiger partial charge < -0.3 is 10.6 Å². The molecule has 0 aromatic heterocycles. The minimum atomic E-state index is 0.506. The Labute approximate surface area is 130 Å². The Bertz CT molecular complexity index is 302. The topological polar surface area (TPSA) is 24.1 Å². The predicted molar refractivity (Wildman–Crippen MR) is 91.0 cm³/mol. The summed E-state index contributed by atoms with van der Waals surface area (Å²) in [6.45, 7) is 5.76. The van der Waals surface area contributed by atoms with E-state index in [2.05, 4.69) is 24.5 Å². The van der Waals surface area contributed by atoms with E-state index in [9.17, 15) is 0 Å². The zero-order valence-corrected chi connectivity index (χ0v) is 14.2. The molecule has 2 saturated carbocycles. The van der Waals surface area contributed by atoms with Crippen molar-refractivity contribution < 1.29 is 0 Å². The van der Waals surface area contributed by atoms with Crippen molar-refractivity contribution in [2.45, 2.75) is 84.1 Å². The van der Waals surface area contributed by atoms with Crippen molar-refractivity contribution in [1.82, 2.24) is 10.6 Å². The van der Waals surface area contributed by atoms with E-state index in [0.717, 1.165) is 17.6 Å². The van der Waals surface area contributed by atoms with Gasteiger partial charge in [-0.15, -0.1) is 0 Å².